The Morgan fingerprint density at radius 3 is 2.83 bits per heavy atom. The van der Waals surface area contributed by atoms with Gasteiger partial charge in [0.25, 0.3) is 0 Å². The monoisotopic (exact) mass is 443 g/mol. The van der Waals surface area contributed by atoms with E-state index < -0.39 is 0 Å². The molecule has 0 amide bonds. The van der Waals surface area contributed by atoms with E-state index in [9.17, 15) is 0 Å². The summed E-state index contributed by atoms with van der Waals surface area (Å²) in [6, 6.07) is 15.8. The largest absolute Gasteiger partial charge is 0.459 e. The fourth-order valence-electron chi connectivity index (χ4n) is 4.01. The first-order valence-corrected chi connectivity index (χ1v) is 11.3. The van der Waals surface area contributed by atoms with E-state index in [-0.39, 0.29) is 12.1 Å². The van der Waals surface area contributed by atoms with Crippen LogP contribution in [0.15, 0.2) is 64.1 Å². The molecular weight excluding hydrogens is 425 g/mol. The van der Waals surface area contributed by atoms with E-state index in [1.165, 1.54) is 0 Å². The van der Waals surface area contributed by atoms with Crippen LogP contribution in [0, 0.1) is 0 Å². The molecule has 3 aromatic rings. The number of aliphatic imine (C=N–C) groups is 1. The normalized spacial score (nSPS) is 23.3. The maximum absolute atomic E-state index is 6.40. The molecule has 148 valence electrons. The molecule has 2 aliphatic rings. The van der Waals surface area contributed by atoms with Crippen molar-refractivity contribution in [2.75, 3.05) is 5.75 Å². The molecule has 0 bridgehead atoms. The summed E-state index contributed by atoms with van der Waals surface area (Å²) in [5.74, 6) is 2.66. The van der Waals surface area contributed by atoms with Gasteiger partial charge in [0.15, 0.2) is 5.17 Å². The minimum Gasteiger partial charge on any atom is -0.459 e. The van der Waals surface area contributed by atoms with Crippen molar-refractivity contribution in [2.24, 2.45) is 4.99 Å². The van der Waals surface area contributed by atoms with E-state index in [1.807, 2.05) is 60.4 Å². The Morgan fingerprint density at radius 1 is 1.17 bits per heavy atom. The first-order chi connectivity index (χ1) is 14.2. The second-order valence-electron chi connectivity index (χ2n) is 7.16. The molecular formula is C22H19Cl2N3OS. The molecule has 1 aromatic carbocycles. The average Bonchev–Trinajstić information content (AvgIpc) is 3.43. The van der Waals surface area contributed by atoms with Crippen molar-refractivity contribution in [3.05, 3.63) is 76.2 Å². The Bertz CT molecular complexity index is 1070. The molecule has 0 unspecified atom stereocenters. The van der Waals surface area contributed by atoms with Gasteiger partial charge < -0.3 is 9.32 Å². The van der Waals surface area contributed by atoms with Crippen LogP contribution in [0.2, 0.25) is 10.0 Å². The highest BCUT2D eigenvalue weighted by molar-refractivity contribution is 8.14. The Hall–Kier alpha value is -1.95. The highest BCUT2D eigenvalue weighted by atomic mass is 35.5. The first-order valence-electron chi connectivity index (χ1n) is 9.60. The standard InChI is InChI=1S/C22H19Cl2N3OS/c1-2-14-12-29-22-26-20(17-5-3-4-10-25-17)21(27(14)22)19-9-8-18(28-19)15-7-6-13(23)11-16(15)24/h3-11,14,20-21H,2,12H2,1H3/t14-,20+,21+/m0/s1. The highest BCUT2D eigenvalue weighted by Crippen LogP contribution is 2.49. The van der Waals surface area contributed by atoms with Gasteiger partial charge in [-0.2, -0.15) is 0 Å². The number of hydrogen-bond acceptors (Lipinski definition) is 5. The van der Waals surface area contributed by atoms with Crippen molar-refractivity contribution in [2.45, 2.75) is 31.5 Å². The zero-order chi connectivity index (χ0) is 20.0. The molecule has 2 aliphatic heterocycles. The molecule has 1 saturated heterocycles. The zero-order valence-corrected chi connectivity index (χ0v) is 18.1. The lowest BCUT2D eigenvalue weighted by atomic mass is 10.0. The lowest BCUT2D eigenvalue weighted by Gasteiger charge is -2.30. The van der Waals surface area contributed by atoms with Gasteiger partial charge in [0.05, 0.1) is 10.7 Å². The van der Waals surface area contributed by atoms with Gasteiger partial charge in [0.2, 0.25) is 0 Å². The summed E-state index contributed by atoms with van der Waals surface area (Å²) >= 11 is 14.3. The van der Waals surface area contributed by atoms with Gasteiger partial charge in [-0.25, -0.2) is 4.99 Å². The summed E-state index contributed by atoms with van der Waals surface area (Å²) in [5, 5.41) is 2.26. The molecule has 5 rings (SSSR count). The van der Waals surface area contributed by atoms with Crippen LogP contribution < -0.4 is 0 Å². The Kier molecular flexibility index (Phi) is 5.06. The van der Waals surface area contributed by atoms with Crippen molar-refractivity contribution in [3.63, 3.8) is 0 Å². The van der Waals surface area contributed by atoms with E-state index in [0.717, 1.165) is 40.1 Å². The summed E-state index contributed by atoms with van der Waals surface area (Å²) in [4.78, 5) is 12.0. The predicted molar refractivity (Wildman–Crippen MR) is 120 cm³/mol. The molecule has 0 N–H and O–H groups in total. The smallest absolute Gasteiger partial charge is 0.161 e. The molecule has 4 heterocycles. The summed E-state index contributed by atoms with van der Waals surface area (Å²) in [7, 11) is 0. The lowest BCUT2D eigenvalue weighted by molar-refractivity contribution is 0.226. The molecule has 0 radical (unpaired) electrons. The number of nitrogens with zero attached hydrogens (tertiary/aromatic N) is 3. The highest BCUT2D eigenvalue weighted by Gasteiger charge is 2.46. The molecule has 4 nitrogen and oxygen atoms in total. The third-order valence-electron chi connectivity index (χ3n) is 5.44. The van der Waals surface area contributed by atoms with Crippen LogP contribution in [0.3, 0.4) is 0 Å². The molecule has 1 fully saturated rings. The predicted octanol–water partition coefficient (Wildman–Crippen LogP) is 6.63. The van der Waals surface area contributed by atoms with Crippen molar-refractivity contribution < 1.29 is 4.42 Å². The number of halogens is 2. The number of thioether (sulfide) groups is 1. The fourth-order valence-corrected chi connectivity index (χ4v) is 5.84. The maximum atomic E-state index is 6.40. The molecule has 3 atom stereocenters. The summed E-state index contributed by atoms with van der Waals surface area (Å²) in [6.45, 7) is 2.22. The average molecular weight is 444 g/mol. The topological polar surface area (TPSA) is 41.6 Å². The van der Waals surface area contributed by atoms with Crippen LogP contribution in [0.1, 0.15) is 36.9 Å². The van der Waals surface area contributed by atoms with E-state index in [0.29, 0.717) is 16.1 Å². The Labute approximate surface area is 183 Å². The van der Waals surface area contributed by atoms with E-state index >= 15 is 0 Å². The van der Waals surface area contributed by atoms with E-state index in [4.69, 9.17) is 32.6 Å². The van der Waals surface area contributed by atoms with Crippen molar-refractivity contribution in [1.82, 2.24) is 9.88 Å². The number of aromatic nitrogens is 1. The fraction of sp³-hybridized carbons (Fsp3) is 0.273. The van der Waals surface area contributed by atoms with Gasteiger partial charge in [-0.1, -0.05) is 48.0 Å². The summed E-state index contributed by atoms with van der Waals surface area (Å²) < 4.78 is 6.35. The number of pyridine rings is 1. The molecule has 0 saturated carbocycles. The number of fused-ring (bicyclic) bond motifs is 1. The quantitative estimate of drug-likeness (QED) is 0.453. The van der Waals surface area contributed by atoms with Crippen LogP contribution in [0.5, 0.6) is 0 Å². The lowest BCUT2D eigenvalue weighted by Crippen LogP contribution is -2.35. The van der Waals surface area contributed by atoms with Gasteiger partial charge in [-0.3, -0.25) is 4.98 Å². The molecule has 29 heavy (non-hydrogen) atoms. The van der Waals surface area contributed by atoms with Gasteiger partial charge >= 0.3 is 0 Å². The SMILES string of the molecule is CC[C@H]1CSC2=N[C@H](c3ccccn3)[C@@H](c3ccc(-c4ccc(Cl)cc4Cl)o3)N21. The number of hydrogen-bond donors (Lipinski definition) is 0. The van der Waals surface area contributed by atoms with Crippen LogP contribution in [0.25, 0.3) is 11.3 Å². The van der Waals surface area contributed by atoms with Crippen molar-refractivity contribution in [1.29, 1.82) is 0 Å². The van der Waals surface area contributed by atoms with Crippen LogP contribution in [-0.2, 0) is 0 Å². The Balaban J connectivity index is 1.56. The second-order valence-corrected chi connectivity index (χ2v) is 8.99. The van der Waals surface area contributed by atoms with Crippen molar-refractivity contribution >= 4 is 40.1 Å². The van der Waals surface area contributed by atoms with Crippen LogP contribution >= 0.6 is 35.0 Å². The third kappa shape index (κ3) is 3.35. The molecule has 2 aromatic heterocycles. The van der Waals surface area contributed by atoms with Gasteiger partial charge in [0.1, 0.15) is 23.6 Å². The van der Waals surface area contributed by atoms with Crippen molar-refractivity contribution in [3.8, 4) is 11.3 Å². The third-order valence-corrected chi connectivity index (χ3v) is 7.12. The molecule has 0 spiro atoms. The Morgan fingerprint density at radius 2 is 2.07 bits per heavy atom. The van der Waals surface area contributed by atoms with Gasteiger partial charge in [-0.05, 0) is 48.9 Å². The van der Waals surface area contributed by atoms with Gasteiger partial charge in [0, 0.05) is 28.6 Å². The first kappa shape index (κ1) is 19.0. The van der Waals surface area contributed by atoms with E-state index in [1.54, 1.807) is 6.07 Å². The van der Waals surface area contributed by atoms with E-state index in [2.05, 4.69) is 16.8 Å². The maximum Gasteiger partial charge on any atom is 0.161 e. The minimum atomic E-state index is -0.0901. The molecule has 0 aliphatic carbocycles. The second kappa shape index (κ2) is 7.71. The zero-order valence-electron chi connectivity index (χ0n) is 15.8. The number of rotatable bonds is 4. The number of amidine groups is 1. The van der Waals surface area contributed by atoms with Crippen LogP contribution in [0.4, 0.5) is 0 Å². The minimum absolute atomic E-state index is 0.0142. The van der Waals surface area contributed by atoms with Crippen LogP contribution in [-0.4, -0.2) is 26.8 Å². The van der Waals surface area contributed by atoms with Gasteiger partial charge in [-0.15, -0.1) is 0 Å². The molecule has 7 heteroatoms. The number of furan rings is 1. The summed E-state index contributed by atoms with van der Waals surface area (Å²) in [6.07, 6.45) is 2.88. The summed E-state index contributed by atoms with van der Waals surface area (Å²) in [5.41, 5.74) is 1.79. The number of benzene rings is 1.